The minimum Gasteiger partial charge on any atom is -0.350 e. The van der Waals surface area contributed by atoms with Gasteiger partial charge in [-0.05, 0) is 61.0 Å². The summed E-state index contributed by atoms with van der Waals surface area (Å²) in [5.41, 5.74) is 4.97. The summed E-state index contributed by atoms with van der Waals surface area (Å²) in [6.45, 7) is 9.74. The molecular formula is C26H33N3O2S. The molecule has 2 amide bonds. The van der Waals surface area contributed by atoms with Gasteiger partial charge in [-0.3, -0.25) is 9.59 Å². The second-order valence-electron chi connectivity index (χ2n) is 11.2. The SMILES string of the molecule is Cc1ncsc1-c1ccc(CNC(=O)[C@@H]2CC3(CC3)CN2C(=O)C2(C(C)(C)C)CC2)cc1. The lowest BCUT2D eigenvalue weighted by Gasteiger charge is -2.35. The summed E-state index contributed by atoms with van der Waals surface area (Å²) in [5, 5.41) is 3.12. The molecule has 1 aromatic carbocycles. The van der Waals surface area contributed by atoms with Crippen LogP contribution in [0.25, 0.3) is 10.4 Å². The van der Waals surface area contributed by atoms with E-state index in [1.54, 1.807) is 11.3 Å². The quantitative estimate of drug-likeness (QED) is 0.700. The number of carbonyl (C=O) groups is 2. The van der Waals surface area contributed by atoms with Crippen LogP contribution in [0.3, 0.4) is 0 Å². The maximum atomic E-state index is 13.6. The van der Waals surface area contributed by atoms with Crippen LogP contribution >= 0.6 is 11.3 Å². The molecule has 1 N–H and O–H groups in total. The van der Waals surface area contributed by atoms with Crippen LogP contribution in [0.2, 0.25) is 0 Å². The number of aryl methyl sites for hydroxylation is 1. The number of nitrogens with one attached hydrogen (secondary N) is 1. The van der Waals surface area contributed by atoms with E-state index in [4.69, 9.17) is 0 Å². The summed E-state index contributed by atoms with van der Waals surface area (Å²) in [6, 6.07) is 7.98. The lowest BCUT2D eigenvalue weighted by Crippen LogP contribution is -2.50. The monoisotopic (exact) mass is 451 g/mol. The van der Waals surface area contributed by atoms with Gasteiger partial charge in [-0.25, -0.2) is 4.98 Å². The van der Waals surface area contributed by atoms with Gasteiger partial charge in [0.25, 0.3) is 0 Å². The van der Waals surface area contributed by atoms with Gasteiger partial charge >= 0.3 is 0 Å². The van der Waals surface area contributed by atoms with Crippen LogP contribution in [0.1, 0.15) is 64.1 Å². The van der Waals surface area contributed by atoms with Gasteiger partial charge in [-0.2, -0.15) is 0 Å². The van der Waals surface area contributed by atoms with Gasteiger partial charge in [0.15, 0.2) is 0 Å². The van der Waals surface area contributed by atoms with Crippen molar-refractivity contribution >= 4 is 23.2 Å². The van der Waals surface area contributed by atoms with Crippen LogP contribution in [0.5, 0.6) is 0 Å². The minimum atomic E-state index is -0.330. The van der Waals surface area contributed by atoms with Crippen molar-refractivity contribution in [3.8, 4) is 10.4 Å². The van der Waals surface area contributed by atoms with E-state index in [-0.39, 0.29) is 34.1 Å². The predicted molar refractivity (Wildman–Crippen MR) is 127 cm³/mol. The van der Waals surface area contributed by atoms with E-state index in [9.17, 15) is 9.59 Å². The number of aromatic nitrogens is 1. The Bertz CT molecular complexity index is 1040. The van der Waals surface area contributed by atoms with E-state index in [2.05, 4.69) is 55.3 Å². The molecular weight excluding hydrogens is 418 g/mol. The zero-order valence-corrected chi connectivity index (χ0v) is 20.3. The zero-order valence-electron chi connectivity index (χ0n) is 19.5. The topological polar surface area (TPSA) is 62.3 Å². The Balaban J connectivity index is 1.26. The van der Waals surface area contributed by atoms with Crippen LogP contribution in [0.4, 0.5) is 0 Å². The molecule has 1 aromatic heterocycles. The van der Waals surface area contributed by atoms with E-state index in [1.165, 1.54) is 4.88 Å². The van der Waals surface area contributed by atoms with Gasteiger partial charge in [-0.15, -0.1) is 11.3 Å². The fraction of sp³-hybridized carbons (Fsp3) is 0.577. The van der Waals surface area contributed by atoms with Crippen molar-refractivity contribution in [3.05, 3.63) is 41.0 Å². The van der Waals surface area contributed by atoms with E-state index < -0.39 is 0 Å². The number of nitrogens with zero attached hydrogens (tertiary/aromatic N) is 2. The van der Waals surface area contributed by atoms with E-state index in [0.717, 1.165) is 55.5 Å². The number of hydrogen-bond acceptors (Lipinski definition) is 4. The predicted octanol–water partition coefficient (Wildman–Crippen LogP) is 4.94. The van der Waals surface area contributed by atoms with Gasteiger partial charge in [-0.1, -0.05) is 45.0 Å². The summed E-state index contributed by atoms with van der Waals surface area (Å²) in [7, 11) is 0. The third-order valence-corrected chi connectivity index (χ3v) is 9.03. The molecule has 6 heteroatoms. The number of hydrogen-bond donors (Lipinski definition) is 1. The fourth-order valence-corrected chi connectivity index (χ4v) is 6.20. The summed E-state index contributed by atoms with van der Waals surface area (Å²) < 4.78 is 0. The molecule has 0 unspecified atom stereocenters. The van der Waals surface area contributed by atoms with Gasteiger partial charge in [0.2, 0.25) is 11.8 Å². The van der Waals surface area contributed by atoms with Gasteiger partial charge in [0.05, 0.1) is 21.5 Å². The third kappa shape index (κ3) is 3.66. The number of thiazole rings is 1. The number of likely N-dealkylation sites (tertiary alicyclic amines) is 1. The summed E-state index contributed by atoms with van der Waals surface area (Å²) in [6.07, 6.45) is 4.98. The molecule has 32 heavy (non-hydrogen) atoms. The maximum absolute atomic E-state index is 13.6. The van der Waals surface area contributed by atoms with E-state index in [0.29, 0.717) is 6.54 Å². The molecule has 170 valence electrons. The lowest BCUT2D eigenvalue weighted by molar-refractivity contribution is -0.146. The molecule has 3 fully saturated rings. The zero-order chi connectivity index (χ0) is 22.7. The van der Waals surface area contributed by atoms with Crippen molar-refractivity contribution in [3.63, 3.8) is 0 Å². The Kier molecular flexibility index (Phi) is 5.01. The minimum absolute atomic E-state index is 0.00536. The van der Waals surface area contributed by atoms with Crippen LogP contribution < -0.4 is 5.32 Å². The van der Waals surface area contributed by atoms with Crippen molar-refractivity contribution in [2.24, 2.45) is 16.2 Å². The van der Waals surface area contributed by atoms with Crippen LogP contribution in [-0.2, 0) is 16.1 Å². The first-order chi connectivity index (χ1) is 15.1. The second kappa shape index (κ2) is 7.41. The second-order valence-corrected chi connectivity index (χ2v) is 12.0. The molecule has 2 aromatic rings. The molecule has 1 saturated heterocycles. The van der Waals surface area contributed by atoms with E-state index >= 15 is 0 Å². The normalized spacial score (nSPS) is 22.8. The maximum Gasteiger partial charge on any atom is 0.243 e. The van der Waals surface area contributed by atoms with Crippen LogP contribution in [0.15, 0.2) is 29.8 Å². The first kappa shape index (κ1) is 21.6. The first-order valence-corrected chi connectivity index (χ1v) is 12.6. The van der Waals surface area contributed by atoms with Crippen molar-refractivity contribution in [2.75, 3.05) is 6.54 Å². The van der Waals surface area contributed by atoms with Gasteiger partial charge in [0.1, 0.15) is 6.04 Å². The van der Waals surface area contributed by atoms with Crippen molar-refractivity contribution in [2.45, 2.75) is 72.4 Å². The van der Waals surface area contributed by atoms with E-state index in [1.807, 2.05) is 17.3 Å². The highest BCUT2D eigenvalue weighted by Gasteiger charge is 2.63. The van der Waals surface area contributed by atoms with Crippen molar-refractivity contribution < 1.29 is 9.59 Å². The fourth-order valence-electron chi connectivity index (χ4n) is 5.39. The molecule has 5 nitrogen and oxygen atoms in total. The van der Waals surface area contributed by atoms with Crippen molar-refractivity contribution in [1.82, 2.24) is 15.2 Å². The summed E-state index contributed by atoms with van der Waals surface area (Å²) in [4.78, 5) is 34.3. The molecule has 3 aliphatic rings. The molecule has 2 aliphatic carbocycles. The number of carbonyl (C=O) groups excluding carboxylic acids is 2. The summed E-state index contributed by atoms with van der Waals surface area (Å²) >= 11 is 1.64. The standard InChI is InChI=1S/C26H33N3O2S/c1-17-21(32-16-28-17)19-7-5-18(6-8-19)14-27-22(30)20-13-25(9-10-25)15-29(20)23(31)26(11-12-26)24(2,3)4/h5-8,16,20H,9-15H2,1-4H3,(H,27,30)/t20-/m0/s1. The smallest absolute Gasteiger partial charge is 0.243 e. The highest BCUT2D eigenvalue weighted by Crippen LogP contribution is 2.62. The van der Waals surface area contributed by atoms with Gasteiger partial charge < -0.3 is 10.2 Å². The Hall–Kier alpha value is -2.21. The number of amides is 2. The number of benzene rings is 1. The molecule has 1 aliphatic heterocycles. The van der Waals surface area contributed by atoms with Crippen molar-refractivity contribution in [1.29, 1.82) is 0 Å². The third-order valence-electron chi connectivity index (χ3n) is 8.05. The summed E-state index contributed by atoms with van der Waals surface area (Å²) in [5.74, 6) is 0.201. The Morgan fingerprint density at radius 2 is 1.84 bits per heavy atom. The Morgan fingerprint density at radius 3 is 2.38 bits per heavy atom. The largest absolute Gasteiger partial charge is 0.350 e. The average Bonchev–Trinajstić information content (AvgIpc) is 3.63. The highest BCUT2D eigenvalue weighted by molar-refractivity contribution is 7.13. The van der Waals surface area contributed by atoms with Gasteiger partial charge in [0, 0.05) is 13.1 Å². The Morgan fingerprint density at radius 1 is 1.16 bits per heavy atom. The molecule has 0 bridgehead atoms. The van der Waals surface area contributed by atoms with Crippen LogP contribution in [0, 0.1) is 23.2 Å². The molecule has 5 rings (SSSR count). The first-order valence-electron chi connectivity index (χ1n) is 11.7. The number of rotatable bonds is 5. The lowest BCUT2D eigenvalue weighted by atomic mass is 9.76. The van der Waals surface area contributed by atoms with Crippen LogP contribution in [-0.4, -0.2) is 34.3 Å². The molecule has 2 saturated carbocycles. The Labute approximate surface area is 194 Å². The molecule has 1 spiro atoms. The molecule has 1 atom stereocenters. The highest BCUT2D eigenvalue weighted by atomic mass is 32.1. The molecule has 0 radical (unpaired) electrons. The molecule has 2 heterocycles. The average molecular weight is 452 g/mol.